The Labute approximate surface area is 107 Å². The van der Waals surface area contributed by atoms with E-state index >= 15 is 0 Å². The molecule has 0 aliphatic carbocycles. The molecule has 0 spiro atoms. The van der Waals surface area contributed by atoms with Crippen LogP contribution in [0.5, 0.6) is 0 Å². The van der Waals surface area contributed by atoms with Crippen LogP contribution in [-0.4, -0.2) is 48.4 Å². The van der Waals surface area contributed by atoms with Crippen molar-refractivity contribution in [2.24, 2.45) is 0 Å². The number of nitrogens with two attached hydrogens (primary N) is 1. The van der Waals surface area contributed by atoms with E-state index in [4.69, 9.17) is 12.2 Å². The molecule has 4 heteroatoms. The van der Waals surface area contributed by atoms with Crippen molar-refractivity contribution in [1.82, 2.24) is 9.80 Å². The Bertz CT molecular complexity index is 470. The number of carbonyl (C=O) groups is 1. The lowest BCUT2D eigenvalue weighted by molar-refractivity contribution is 0.0652. The summed E-state index contributed by atoms with van der Waals surface area (Å²) in [6.45, 7) is 3.75. The van der Waals surface area contributed by atoms with Crippen LogP contribution in [0.15, 0.2) is 24.3 Å². The minimum Gasteiger partial charge on any atom is -0.399 e. The van der Waals surface area contributed by atoms with Gasteiger partial charge in [-0.3, -0.25) is 9.69 Å². The quantitative estimate of drug-likeness (QED) is 0.613. The lowest BCUT2D eigenvalue weighted by atomic mass is 10.1. The molecule has 1 heterocycles. The van der Waals surface area contributed by atoms with Gasteiger partial charge in [0.25, 0.3) is 5.91 Å². The van der Waals surface area contributed by atoms with Gasteiger partial charge in [-0.2, -0.15) is 0 Å². The SMILES string of the molecule is C#CCN1CCN(C(=O)c2cccc(N)c2)CC1. The third-order valence-electron chi connectivity index (χ3n) is 3.11. The Morgan fingerprint density at radius 1 is 1.33 bits per heavy atom. The Hall–Kier alpha value is -1.99. The van der Waals surface area contributed by atoms with E-state index in [-0.39, 0.29) is 5.91 Å². The van der Waals surface area contributed by atoms with Crippen molar-refractivity contribution >= 4 is 11.6 Å². The monoisotopic (exact) mass is 243 g/mol. The van der Waals surface area contributed by atoms with Gasteiger partial charge in [-0.25, -0.2) is 0 Å². The number of benzene rings is 1. The molecule has 0 saturated carbocycles. The number of amides is 1. The molecule has 0 aromatic heterocycles. The molecule has 0 unspecified atom stereocenters. The molecule has 1 aliphatic heterocycles. The van der Waals surface area contributed by atoms with Gasteiger partial charge >= 0.3 is 0 Å². The highest BCUT2D eigenvalue weighted by Gasteiger charge is 2.21. The van der Waals surface area contributed by atoms with Crippen LogP contribution in [0.4, 0.5) is 5.69 Å². The van der Waals surface area contributed by atoms with Gasteiger partial charge in [0.2, 0.25) is 0 Å². The van der Waals surface area contributed by atoms with Crippen LogP contribution in [0.3, 0.4) is 0 Å². The summed E-state index contributed by atoms with van der Waals surface area (Å²) in [6.07, 6.45) is 5.28. The smallest absolute Gasteiger partial charge is 0.254 e. The number of hydrogen-bond acceptors (Lipinski definition) is 3. The second kappa shape index (κ2) is 5.56. The topological polar surface area (TPSA) is 49.6 Å². The first-order valence-corrected chi connectivity index (χ1v) is 6.01. The molecule has 2 rings (SSSR count). The molecule has 4 nitrogen and oxygen atoms in total. The van der Waals surface area contributed by atoms with Crippen molar-refractivity contribution in [3.05, 3.63) is 29.8 Å². The minimum atomic E-state index is 0.0441. The normalized spacial score (nSPS) is 16.3. The molecule has 0 bridgehead atoms. The third-order valence-corrected chi connectivity index (χ3v) is 3.11. The predicted molar refractivity (Wildman–Crippen MR) is 72.0 cm³/mol. The summed E-state index contributed by atoms with van der Waals surface area (Å²) in [6, 6.07) is 7.10. The summed E-state index contributed by atoms with van der Waals surface area (Å²) in [5.41, 5.74) is 6.96. The maximum Gasteiger partial charge on any atom is 0.254 e. The molecular formula is C14H17N3O. The molecule has 0 radical (unpaired) electrons. The zero-order valence-electron chi connectivity index (χ0n) is 10.3. The number of nitrogen functional groups attached to an aromatic ring is 1. The molecule has 1 saturated heterocycles. The fourth-order valence-corrected chi connectivity index (χ4v) is 2.09. The number of nitrogens with zero attached hydrogens (tertiary/aromatic N) is 2. The van der Waals surface area contributed by atoms with Gasteiger partial charge in [-0.1, -0.05) is 12.0 Å². The largest absolute Gasteiger partial charge is 0.399 e. The van der Waals surface area contributed by atoms with Gasteiger partial charge in [-0.15, -0.1) is 6.42 Å². The van der Waals surface area contributed by atoms with Crippen molar-refractivity contribution in [3.8, 4) is 12.3 Å². The highest BCUT2D eigenvalue weighted by molar-refractivity contribution is 5.95. The molecule has 1 aromatic rings. The van der Waals surface area contributed by atoms with Crippen molar-refractivity contribution < 1.29 is 4.79 Å². The van der Waals surface area contributed by atoms with Crippen LogP contribution in [0.2, 0.25) is 0 Å². The number of carbonyl (C=O) groups excluding carboxylic acids is 1. The minimum absolute atomic E-state index is 0.0441. The molecule has 2 N–H and O–H groups in total. The summed E-state index contributed by atoms with van der Waals surface area (Å²) in [5.74, 6) is 2.67. The summed E-state index contributed by atoms with van der Waals surface area (Å²) < 4.78 is 0. The summed E-state index contributed by atoms with van der Waals surface area (Å²) in [7, 11) is 0. The number of anilines is 1. The van der Waals surface area contributed by atoms with E-state index in [1.165, 1.54) is 0 Å². The predicted octanol–water partition coefficient (Wildman–Crippen LogP) is 0.660. The molecule has 0 atom stereocenters. The zero-order valence-corrected chi connectivity index (χ0v) is 10.3. The fourth-order valence-electron chi connectivity index (χ4n) is 2.09. The van der Waals surface area contributed by atoms with E-state index < -0.39 is 0 Å². The van der Waals surface area contributed by atoms with E-state index in [1.54, 1.807) is 24.3 Å². The second-order valence-electron chi connectivity index (χ2n) is 4.40. The van der Waals surface area contributed by atoms with Gasteiger partial charge < -0.3 is 10.6 Å². The Morgan fingerprint density at radius 3 is 2.67 bits per heavy atom. The summed E-state index contributed by atoms with van der Waals surface area (Å²) in [4.78, 5) is 16.2. The summed E-state index contributed by atoms with van der Waals surface area (Å²) >= 11 is 0. The van der Waals surface area contributed by atoms with E-state index in [9.17, 15) is 4.79 Å². The first-order chi connectivity index (χ1) is 8.70. The fraction of sp³-hybridized carbons (Fsp3) is 0.357. The van der Waals surface area contributed by atoms with E-state index in [1.807, 2.05) is 4.90 Å². The maximum atomic E-state index is 12.2. The Morgan fingerprint density at radius 2 is 2.06 bits per heavy atom. The van der Waals surface area contributed by atoms with Gasteiger partial charge in [0.15, 0.2) is 0 Å². The number of rotatable bonds is 2. The maximum absolute atomic E-state index is 12.2. The van der Waals surface area contributed by atoms with Gasteiger partial charge in [-0.05, 0) is 18.2 Å². The Kier molecular flexibility index (Phi) is 3.85. The lowest BCUT2D eigenvalue weighted by Crippen LogP contribution is -2.48. The molecule has 94 valence electrons. The molecule has 1 aromatic carbocycles. The highest BCUT2D eigenvalue weighted by Crippen LogP contribution is 2.11. The van der Waals surface area contributed by atoms with Gasteiger partial charge in [0.1, 0.15) is 0 Å². The molecule has 18 heavy (non-hydrogen) atoms. The second-order valence-corrected chi connectivity index (χ2v) is 4.40. The van der Waals surface area contributed by atoms with E-state index in [0.29, 0.717) is 17.8 Å². The first-order valence-electron chi connectivity index (χ1n) is 6.01. The van der Waals surface area contributed by atoms with Gasteiger partial charge in [0, 0.05) is 37.4 Å². The third kappa shape index (κ3) is 2.82. The number of piperazine rings is 1. The van der Waals surface area contributed by atoms with Crippen LogP contribution in [0.1, 0.15) is 10.4 Å². The average molecular weight is 243 g/mol. The molecule has 1 aliphatic rings. The van der Waals surface area contributed by atoms with Crippen LogP contribution >= 0.6 is 0 Å². The number of hydrogen-bond donors (Lipinski definition) is 1. The Balaban J connectivity index is 1.98. The van der Waals surface area contributed by atoms with E-state index in [2.05, 4.69) is 10.8 Å². The van der Waals surface area contributed by atoms with Crippen molar-refractivity contribution in [2.45, 2.75) is 0 Å². The van der Waals surface area contributed by atoms with Crippen molar-refractivity contribution in [3.63, 3.8) is 0 Å². The van der Waals surface area contributed by atoms with Crippen LogP contribution in [-0.2, 0) is 0 Å². The lowest BCUT2D eigenvalue weighted by Gasteiger charge is -2.33. The van der Waals surface area contributed by atoms with Gasteiger partial charge in [0.05, 0.1) is 6.54 Å². The zero-order chi connectivity index (χ0) is 13.0. The standard InChI is InChI=1S/C14H17N3O/c1-2-6-16-7-9-17(10-8-16)14(18)12-4-3-5-13(15)11-12/h1,3-5,11H,6-10,15H2. The van der Waals surface area contributed by atoms with Crippen LogP contribution in [0, 0.1) is 12.3 Å². The molecule has 1 amide bonds. The van der Waals surface area contributed by atoms with Crippen LogP contribution in [0.25, 0.3) is 0 Å². The van der Waals surface area contributed by atoms with E-state index in [0.717, 1.165) is 26.2 Å². The molecular weight excluding hydrogens is 226 g/mol. The number of terminal acetylenes is 1. The summed E-state index contributed by atoms with van der Waals surface area (Å²) in [5, 5.41) is 0. The first kappa shape index (κ1) is 12.5. The average Bonchev–Trinajstić information content (AvgIpc) is 2.39. The van der Waals surface area contributed by atoms with Crippen molar-refractivity contribution in [1.29, 1.82) is 0 Å². The highest BCUT2D eigenvalue weighted by atomic mass is 16.2. The van der Waals surface area contributed by atoms with Crippen molar-refractivity contribution in [2.75, 3.05) is 38.5 Å². The van der Waals surface area contributed by atoms with Crippen LogP contribution < -0.4 is 5.73 Å². The molecule has 1 fully saturated rings.